The van der Waals surface area contributed by atoms with Gasteiger partial charge >= 0.3 is 0 Å². The standard InChI is InChI=1S/C20H22ClFN2O2/c1-15(26-19-6-3-2-5-18(19)21)20(25)24-12-4-11-23(13-14-24)17-9-7-16(22)8-10-17/h2-3,5-10,15H,4,11-14H2,1H3. The van der Waals surface area contributed by atoms with Crippen molar-refractivity contribution in [1.29, 1.82) is 0 Å². The number of benzene rings is 2. The van der Waals surface area contributed by atoms with Crippen LogP contribution in [0.1, 0.15) is 13.3 Å². The Balaban J connectivity index is 1.60. The molecule has 2 aromatic carbocycles. The van der Waals surface area contributed by atoms with Crippen LogP contribution in [-0.4, -0.2) is 43.1 Å². The first-order chi connectivity index (χ1) is 12.5. The van der Waals surface area contributed by atoms with E-state index in [1.807, 2.05) is 17.0 Å². The Labute approximate surface area is 158 Å². The van der Waals surface area contributed by atoms with Crippen molar-refractivity contribution in [3.8, 4) is 5.75 Å². The van der Waals surface area contributed by atoms with Crippen LogP contribution >= 0.6 is 11.6 Å². The highest BCUT2D eigenvalue weighted by molar-refractivity contribution is 6.32. The van der Waals surface area contributed by atoms with Crippen molar-refractivity contribution in [1.82, 2.24) is 4.90 Å². The summed E-state index contributed by atoms with van der Waals surface area (Å²) in [5.41, 5.74) is 0.973. The van der Waals surface area contributed by atoms with E-state index in [0.29, 0.717) is 30.4 Å². The lowest BCUT2D eigenvalue weighted by atomic mass is 10.2. The fraction of sp³-hybridized carbons (Fsp3) is 0.350. The topological polar surface area (TPSA) is 32.8 Å². The molecule has 1 saturated heterocycles. The van der Waals surface area contributed by atoms with Crippen LogP contribution < -0.4 is 9.64 Å². The van der Waals surface area contributed by atoms with E-state index in [1.54, 1.807) is 31.2 Å². The number of anilines is 1. The molecule has 0 N–H and O–H groups in total. The minimum Gasteiger partial charge on any atom is -0.479 e. The van der Waals surface area contributed by atoms with Crippen LogP contribution in [0.2, 0.25) is 5.02 Å². The third-order valence-electron chi connectivity index (χ3n) is 4.49. The van der Waals surface area contributed by atoms with Crippen LogP contribution in [0.15, 0.2) is 48.5 Å². The van der Waals surface area contributed by atoms with Gasteiger partial charge < -0.3 is 14.5 Å². The van der Waals surface area contributed by atoms with Gasteiger partial charge in [0.1, 0.15) is 11.6 Å². The molecule has 0 aromatic heterocycles. The molecule has 26 heavy (non-hydrogen) atoms. The predicted molar refractivity (Wildman–Crippen MR) is 101 cm³/mol. The molecule has 3 rings (SSSR count). The number of amides is 1. The number of hydrogen-bond acceptors (Lipinski definition) is 3. The van der Waals surface area contributed by atoms with E-state index >= 15 is 0 Å². The second-order valence-corrected chi connectivity index (χ2v) is 6.74. The third-order valence-corrected chi connectivity index (χ3v) is 4.80. The Morgan fingerprint density at radius 1 is 1.08 bits per heavy atom. The van der Waals surface area contributed by atoms with Gasteiger partial charge in [0, 0.05) is 31.9 Å². The van der Waals surface area contributed by atoms with E-state index in [9.17, 15) is 9.18 Å². The molecule has 1 fully saturated rings. The first kappa shape index (κ1) is 18.5. The van der Waals surface area contributed by atoms with Gasteiger partial charge in [-0.1, -0.05) is 23.7 Å². The van der Waals surface area contributed by atoms with Crippen LogP contribution in [0.25, 0.3) is 0 Å². The van der Waals surface area contributed by atoms with Crippen molar-refractivity contribution >= 4 is 23.2 Å². The van der Waals surface area contributed by atoms with Crippen molar-refractivity contribution in [2.75, 3.05) is 31.1 Å². The van der Waals surface area contributed by atoms with Gasteiger partial charge in [-0.25, -0.2) is 4.39 Å². The minimum atomic E-state index is -0.604. The number of halogens is 2. The van der Waals surface area contributed by atoms with E-state index in [0.717, 1.165) is 18.7 Å². The fourth-order valence-corrected chi connectivity index (χ4v) is 3.27. The lowest BCUT2D eigenvalue weighted by Gasteiger charge is -2.26. The van der Waals surface area contributed by atoms with Crippen LogP contribution in [0.3, 0.4) is 0 Å². The van der Waals surface area contributed by atoms with Crippen LogP contribution in [-0.2, 0) is 4.79 Å². The lowest BCUT2D eigenvalue weighted by Crippen LogP contribution is -2.42. The minimum absolute atomic E-state index is 0.0501. The van der Waals surface area contributed by atoms with Crippen LogP contribution in [0.4, 0.5) is 10.1 Å². The maximum Gasteiger partial charge on any atom is 0.263 e. The van der Waals surface area contributed by atoms with Crippen molar-refractivity contribution in [2.45, 2.75) is 19.4 Å². The molecule has 2 aromatic rings. The van der Waals surface area contributed by atoms with E-state index in [1.165, 1.54) is 12.1 Å². The van der Waals surface area contributed by atoms with Gasteiger partial charge in [-0.15, -0.1) is 0 Å². The number of nitrogens with zero attached hydrogens (tertiary/aromatic N) is 2. The predicted octanol–water partition coefficient (Wildman–Crippen LogP) is 3.99. The molecule has 1 heterocycles. The maximum atomic E-state index is 13.1. The second-order valence-electron chi connectivity index (χ2n) is 6.33. The molecule has 1 aliphatic rings. The van der Waals surface area contributed by atoms with Crippen LogP contribution in [0, 0.1) is 5.82 Å². The summed E-state index contributed by atoms with van der Waals surface area (Å²) in [4.78, 5) is 16.7. The summed E-state index contributed by atoms with van der Waals surface area (Å²) in [6, 6.07) is 13.6. The maximum absolute atomic E-state index is 13.1. The third kappa shape index (κ3) is 4.47. The van der Waals surface area contributed by atoms with Gasteiger partial charge in [-0.3, -0.25) is 4.79 Å². The Hall–Kier alpha value is -2.27. The Morgan fingerprint density at radius 2 is 1.81 bits per heavy atom. The highest BCUT2D eigenvalue weighted by Gasteiger charge is 2.25. The van der Waals surface area contributed by atoms with E-state index in [2.05, 4.69) is 4.90 Å². The van der Waals surface area contributed by atoms with Gasteiger partial charge in [-0.05, 0) is 49.7 Å². The second kappa shape index (κ2) is 8.41. The molecule has 0 bridgehead atoms. The van der Waals surface area contributed by atoms with Gasteiger partial charge in [-0.2, -0.15) is 0 Å². The SMILES string of the molecule is CC(Oc1ccccc1Cl)C(=O)N1CCCN(c2ccc(F)cc2)CC1. The summed E-state index contributed by atoms with van der Waals surface area (Å²) in [6.45, 7) is 4.55. The van der Waals surface area contributed by atoms with Gasteiger partial charge in [0.05, 0.1) is 5.02 Å². The lowest BCUT2D eigenvalue weighted by molar-refractivity contribution is -0.137. The summed E-state index contributed by atoms with van der Waals surface area (Å²) >= 11 is 6.10. The monoisotopic (exact) mass is 376 g/mol. The summed E-state index contributed by atoms with van der Waals surface area (Å²) < 4.78 is 18.9. The number of carbonyl (C=O) groups excluding carboxylic acids is 1. The highest BCUT2D eigenvalue weighted by Crippen LogP contribution is 2.25. The van der Waals surface area contributed by atoms with Crippen molar-refractivity contribution in [3.05, 3.63) is 59.4 Å². The van der Waals surface area contributed by atoms with Crippen molar-refractivity contribution < 1.29 is 13.9 Å². The quantitative estimate of drug-likeness (QED) is 0.809. The molecule has 6 heteroatoms. The molecule has 0 aliphatic carbocycles. The number of hydrogen-bond donors (Lipinski definition) is 0. The van der Waals surface area contributed by atoms with E-state index in [-0.39, 0.29) is 11.7 Å². The van der Waals surface area contributed by atoms with E-state index in [4.69, 9.17) is 16.3 Å². The van der Waals surface area contributed by atoms with Crippen molar-refractivity contribution in [3.63, 3.8) is 0 Å². The summed E-state index contributed by atoms with van der Waals surface area (Å²) in [5, 5.41) is 0.491. The fourth-order valence-electron chi connectivity index (χ4n) is 3.09. The van der Waals surface area contributed by atoms with Gasteiger partial charge in [0.2, 0.25) is 0 Å². The zero-order valence-corrected chi connectivity index (χ0v) is 15.5. The average Bonchev–Trinajstić information content (AvgIpc) is 2.90. The molecule has 1 unspecified atom stereocenters. The largest absolute Gasteiger partial charge is 0.479 e. The molecule has 138 valence electrons. The zero-order chi connectivity index (χ0) is 18.5. The summed E-state index contributed by atoms with van der Waals surface area (Å²) in [6.07, 6.45) is 0.245. The smallest absolute Gasteiger partial charge is 0.263 e. The van der Waals surface area contributed by atoms with Gasteiger partial charge in [0.25, 0.3) is 5.91 Å². The molecule has 1 amide bonds. The molecule has 0 spiro atoms. The normalized spacial score (nSPS) is 16.1. The number of para-hydroxylation sites is 1. The first-order valence-corrected chi connectivity index (χ1v) is 9.13. The number of rotatable bonds is 4. The molecule has 1 aliphatic heterocycles. The number of ether oxygens (including phenoxy) is 1. The summed E-state index contributed by atoms with van der Waals surface area (Å²) in [7, 11) is 0. The molecule has 4 nitrogen and oxygen atoms in total. The molecule has 1 atom stereocenters. The van der Waals surface area contributed by atoms with E-state index < -0.39 is 6.10 Å². The van der Waals surface area contributed by atoms with Crippen LogP contribution in [0.5, 0.6) is 5.75 Å². The highest BCUT2D eigenvalue weighted by atomic mass is 35.5. The Bertz CT molecular complexity index is 754. The molecular formula is C20H22ClFN2O2. The Kier molecular flexibility index (Phi) is 5.99. The average molecular weight is 377 g/mol. The molecular weight excluding hydrogens is 355 g/mol. The molecule has 0 saturated carbocycles. The van der Waals surface area contributed by atoms with Crippen molar-refractivity contribution in [2.24, 2.45) is 0 Å². The summed E-state index contributed by atoms with van der Waals surface area (Å²) in [5.74, 6) is 0.217. The van der Waals surface area contributed by atoms with Gasteiger partial charge in [0.15, 0.2) is 6.10 Å². The number of carbonyl (C=O) groups is 1. The Morgan fingerprint density at radius 3 is 2.54 bits per heavy atom. The zero-order valence-electron chi connectivity index (χ0n) is 14.7. The first-order valence-electron chi connectivity index (χ1n) is 8.75. The molecule has 0 radical (unpaired) electrons.